The van der Waals surface area contributed by atoms with Crippen LogP contribution >= 0.6 is 28.3 Å². The van der Waals surface area contributed by atoms with Gasteiger partial charge in [0.05, 0.1) is 12.6 Å². The number of alkyl halides is 1. The van der Waals surface area contributed by atoms with Crippen molar-refractivity contribution in [1.82, 2.24) is 0 Å². The van der Waals surface area contributed by atoms with Gasteiger partial charge in [-0.3, -0.25) is 0 Å². The quantitative estimate of drug-likeness (QED) is 0.810. The van der Waals surface area contributed by atoms with E-state index in [1.807, 2.05) is 0 Å². The number of carbonyl (C=O) groups is 1. The van der Waals surface area contributed by atoms with Crippen molar-refractivity contribution >= 4 is 34.3 Å². The summed E-state index contributed by atoms with van der Waals surface area (Å²) in [5, 5.41) is 9.46. The summed E-state index contributed by atoms with van der Waals surface area (Å²) in [5.41, 5.74) is 5.28. The van der Waals surface area contributed by atoms with Crippen LogP contribution in [0.25, 0.3) is 0 Å². The molecule has 0 heterocycles. The zero-order chi connectivity index (χ0) is 13.9. The molecule has 0 fully saturated rings. The Bertz CT molecular complexity index is 462. The molecule has 0 bridgehead atoms. The number of nitrogens with two attached hydrogens (primary N) is 1. The zero-order valence-electron chi connectivity index (χ0n) is 9.90. The Hall–Kier alpha value is -0.920. The molecule has 108 valence electrons. The summed E-state index contributed by atoms with van der Waals surface area (Å²) in [4.78, 5) is 11.2. The molecule has 0 saturated carbocycles. The van der Waals surface area contributed by atoms with Gasteiger partial charge in [0.2, 0.25) is 6.17 Å². The number of halogens is 4. The third kappa shape index (κ3) is 4.29. The molecule has 0 aliphatic carbocycles. The first-order chi connectivity index (χ1) is 8.38. The van der Waals surface area contributed by atoms with Gasteiger partial charge >= 0.3 is 5.97 Å². The maximum absolute atomic E-state index is 13.7. The fourth-order valence-corrected chi connectivity index (χ4v) is 1.81. The van der Waals surface area contributed by atoms with Gasteiger partial charge in [-0.1, -0.05) is 15.9 Å². The molecule has 0 saturated heterocycles. The number of carbonyl (C=O) groups excluding carboxylic acids is 1. The van der Waals surface area contributed by atoms with Crippen molar-refractivity contribution in [3.63, 3.8) is 0 Å². The average Bonchev–Trinajstić information content (AvgIpc) is 2.32. The van der Waals surface area contributed by atoms with Crippen molar-refractivity contribution in [3.8, 4) is 5.75 Å². The smallest absolute Gasteiger partial charge is 0.342 e. The first-order valence-electron chi connectivity index (χ1n) is 5.12. The normalized spacial score (nSPS) is 13.3. The minimum absolute atomic E-state index is 0. The van der Waals surface area contributed by atoms with Gasteiger partial charge in [0.25, 0.3) is 0 Å². The van der Waals surface area contributed by atoms with Crippen LogP contribution in [0.1, 0.15) is 18.5 Å². The second kappa shape index (κ2) is 7.62. The van der Waals surface area contributed by atoms with Crippen molar-refractivity contribution < 1.29 is 23.4 Å². The van der Waals surface area contributed by atoms with Crippen LogP contribution in [0, 0.1) is 5.82 Å². The average molecular weight is 361 g/mol. The van der Waals surface area contributed by atoms with Crippen molar-refractivity contribution in [2.45, 2.75) is 19.1 Å². The standard InChI is InChI=1S/C11H12BrF2NO3.ClH/c1-2-18-11(17)8(14)9(15)6-3-5(12)4-7(13)10(6)16;/h3-4,8-9,16H,2,15H2,1H3;1H/t8?,9-;/m1./s1. The van der Waals surface area contributed by atoms with E-state index in [1.54, 1.807) is 0 Å². The molecular formula is C11H13BrClF2NO3. The van der Waals surface area contributed by atoms with Gasteiger partial charge in [-0.2, -0.15) is 0 Å². The molecule has 4 nitrogen and oxygen atoms in total. The van der Waals surface area contributed by atoms with E-state index < -0.39 is 29.7 Å². The number of rotatable bonds is 4. The predicted octanol–water partition coefficient (Wildman–Crippen LogP) is 2.62. The van der Waals surface area contributed by atoms with Crippen molar-refractivity contribution in [3.05, 3.63) is 28.0 Å². The van der Waals surface area contributed by atoms with Crippen molar-refractivity contribution in [2.75, 3.05) is 6.61 Å². The summed E-state index contributed by atoms with van der Waals surface area (Å²) in [6.45, 7) is 1.52. The maximum atomic E-state index is 13.7. The van der Waals surface area contributed by atoms with E-state index in [0.717, 1.165) is 6.07 Å². The summed E-state index contributed by atoms with van der Waals surface area (Å²) < 4.78 is 31.6. The van der Waals surface area contributed by atoms with Crippen LogP contribution in [0.2, 0.25) is 0 Å². The molecule has 1 aromatic carbocycles. The Kier molecular flexibility index (Phi) is 7.25. The second-order valence-electron chi connectivity index (χ2n) is 3.51. The number of esters is 1. The lowest BCUT2D eigenvalue weighted by molar-refractivity contribution is -0.149. The van der Waals surface area contributed by atoms with Gasteiger partial charge in [0, 0.05) is 10.0 Å². The van der Waals surface area contributed by atoms with E-state index in [1.165, 1.54) is 13.0 Å². The van der Waals surface area contributed by atoms with Crippen molar-refractivity contribution in [1.29, 1.82) is 0 Å². The molecule has 8 heteroatoms. The molecule has 0 aliphatic heterocycles. The molecular weight excluding hydrogens is 347 g/mol. The van der Waals surface area contributed by atoms with Gasteiger partial charge in [0.1, 0.15) is 0 Å². The van der Waals surface area contributed by atoms with Gasteiger partial charge < -0.3 is 15.6 Å². The van der Waals surface area contributed by atoms with Crippen LogP contribution in [0.15, 0.2) is 16.6 Å². The third-order valence-corrected chi connectivity index (χ3v) is 2.70. The van der Waals surface area contributed by atoms with E-state index in [0.29, 0.717) is 0 Å². The van der Waals surface area contributed by atoms with Crippen LogP contribution in [0.3, 0.4) is 0 Å². The van der Waals surface area contributed by atoms with Crippen LogP contribution in [-0.4, -0.2) is 23.9 Å². The van der Waals surface area contributed by atoms with E-state index in [9.17, 15) is 18.7 Å². The Morgan fingerprint density at radius 3 is 2.68 bits per heavy atom. The molecule has 3 N–H and O–H groups in total. The Balaban J connectivity index is 0.00000324. The summed E-state index contributed by atoms with van der Waals surface area (Å²) in [5.74, 6) is -2.88. The minimum Gasteiger partial charge on any atom is -0.505 e. The first kappa shape index (κ1) is 18.1. The Morgan fingerprint density at radius 2 is 2.16 bits per heavy atom. The van der Waals surface area contributed by atoms with Crippen LogP contribution < -0.4 is 5.73 Å². The number of ether oxygens (including phenoxy) is 1. The topological polar surface area (TPSA) is 72.5 Å². The van der Waals surface area contributed by atoms with Gasteiger partial charge in [-0.25, -0.2) is 13.6 Å². The highest BCUT2D eigenvalue weighted by atomic mass is 79.9. The first-order valence-corrected chi connectivity index (χ1v) is 5.92. The highest BCUT2D eigenvalue weighted by molar-refractivity contribution is 9.10. The van der Waals surface area contributed by atoms with E-state index >= 15 is 0 Å². The summed E-state index contributed by atoms with van der Waals surface area (Å²) >= 11 is 2.99. The number of hydrogen-bond donors (Lipinski definition) is 2. The SMILES string of the molecule is CCOC(=O)C(F)[C@H](N)c1cc(Br)cc(F)c1O.Cl. The van der Waals surface area contributed by atoms with Crippen LogP contribution in [0.5, 0.6) is 5.75 Å². The van der Waals surface area contributed by atoms with Gasteiger partial charge in [0.15, 0.2) is 11.6 Å². The molecule has 0 aromatic heterocycles. The summed E-state index contributed by atoms with van der Waals surface area (Å²) in [7, 11) is 0. The summed E-state index contributed by atoms with van der Waals surface area (Å²) in [6, 6.07) is 0.744. The maximum Gasteiger partial charge on any atom is 0.342 e. The lowest BCUT2D eigenvalue weighted by atomic mass is 10.0. The molecule has 19 heavy (non-hydrogen) atoms. The number of phenolic OH excluding ortho intramolecular Hbond substituents is 1. The highest BCUT2D eigenvalue weighted by Gasteiger charge is 2.30. The third-order valence-electron chi connectivity index (χ3n) is 2.24. The summed E-state index contributed by atoms with van der Waals surface area (Å²) in [6.07, 6.45) is -2.18. The molecule has 1 unspecified atom stereocenters. The largest absolute Gasteiger partial charge is 0.505 e. The lowest BCUT2D eigenvalue weighted by Crippen LogP contribution is -2.31. The number of hydrogen-bond acceptors (Lipinski definition) is 4. The second-order valence-corrected chi connectivity index (χ2v) is 4.42. The predicted molar refractivity (Wildman–Crippen MR) is 71.5 cm³/mol. The Morgan fingerprint density at radius 1 is 1.58 bits per heavy atom. The molecule has 0 radical (unpaired) electrons. The molecule has 0 aliphatic rings. The molecule has 0 spiro atoms. The molecule has 2 atom stereocenters. The molecule has 0 amide bonds. The Labute approximate surface area is 123 Å². The van der Waals surface area contributed by atoms with Crippen molar-refractivity contribution in [2.24, 2.45) is 5.73 Å². The zero-order valence-corrected chi connectivity index (χ0v) is 12.3. The number of aromatic hydroxyl groups is 1. The molecule has 1 aromatic rings. The fourth-order valence-electron chi connectivity index (χ4n) is 1.37. The lowest BCUT2D eigenvalue weighted by Gasteiger charge is -2.17. The number of phenols is 1. The van der Waals surface area contributed by atoms with Gasteiger partial charge in [-0.15, -0.1) is 12.4 Å². The highest BCUT2D eigenvalue weighted by Crippen LogP contribution is 2.32. The minimum atomic E-state index is -2.18. The number of benzene rings is 1. The molecule has 1 rings (SSSR count). The van der Waals surface area contributed by atoms with E-state index in [2.05, 4.69) is 20.7 Å². The fraction of sp³-hybridized carbons (Fsp3) is 0.364. The van der Waals surface area contributed by atoms with Gasteiger partial charge in [-0.05, 0) is 19.1 Å². The van der Waals surface area contributed by atoms with Crippen LogP contribution in [-0.2, 0) is 9.53 Å². The van der Waals surface area contributed by atoms with E-state index in [-0.39, 0.29) is 29.1 Å². The van der Waals surface area contributed by atoms with E-state index in [4.69, 9.17) is 5.73 Å². The van der Waals surface area contributed by atoms with Crippen LogP contribution in [0.4, 0.5) is 8.78 Å². The monoisotopic (exact) mass is 359 g/mol.